The zero-order valence-electron chi connectivity index (χ0n) is 20.0. The number of unbranched alkanes of at least 4 members (excludes halogenated alkanes) is 1. The molecule has 1 heterocycles. The molecule has 4 N–H and O–H groups in total. The average Bonchev–Trinajstić information content (AvgIpc) is 2.72. The van der Waals surface area contributed by atoms with Crippen LogP contribution < -0.4 is 21.3 Å². The third kappa shape index (κ3) is 13.5. The molecular weight excluding hydrogens is 428 g/mol. The lowest BCUT2D eigenvalue weighted by molar-refractivity contribution is -0.133. The molecule has 10 heteroatoms. The van der Waals surface area contributed by atoms with Gasteiger partial charge in [0.25, 0.3) is 0 Å². The molecule has 1 aliphatic rings. The summed E-state index contributed by atoms with van der Waals surface area (Å²) in [6.45, 7) is 7.27. The summed E-state index contributed by atoms with van der Waals surface area (Å²) in [7, 11) is 0. The number of terminal acetylenes is 1. The maximum absolute atomic E-state index is 12.8. The predicted molar refractivity (Wildman–Crippen MR) is 123 cm³/mol. The van der Waals surface area contributed by atoms with Gasteiger partial charge in [0.15, 0.2) is 0 Å². The van der Waals surface area contributed by atoms with Crippen molar-refractivity contribution in [3.8, 4) is 12.3 Å². The topological polar surface area (TPSA) is 135 Å². The Morgan fingerprint density at radius 3 is 2.48 bits per heavy atom. The third-order valence-electron chi connectivity index (χ3n) is 4.69. The lowest BCUT2D eigenvalue weighted by Crippen LogP contribution is -2.54. The van der Waals surface area contributed by atoms with Crippen molar-refractivity contribution in [2.75, 3.05) is 39.5 Å². The van der Waals surface area contributed by atoms with E-state index in [9.17, 15) is 19.2 Å². The van der Waals surface area contributed by atoms with E-state index in [1.165, 1.54) is 0 Å². The minimum Gasteiger partial charge on any atom is -0.377 e. The van der Waals surface area contributed by atoms with Crippen LogP contribution in [0.3, 0.4) is 0 Å². The van der Waals surface area contributed by atoms with Crippen molar-refractivity contribution >= 4 is 23.6 Å². The van der Waals surface area contributed by atoms with Crippen molar-refractivity contribution in [1.29, 1.82) is 0 Å². The fraction of sp³-hybridized carbons (Fsp3) is 0.739. The quantitative estimate of drug-likeness (QED) is 0.305. The summed E-state index contributed by atoms with van der Waals surface area (Å²) in [6, 6.07) is -1.78. The van der Waals surface area contributed by atoms with E-state index in [-0.39, 0.29) is 50.7 Å². The summed E-state index contributed by atoms with van der Waals surface area (Å²) in [5.74, 6) is 1.01. The molecule has 0 bridgehead atoms. The highest BCUT2D eigenvalue weighted by molar-refractivity contribution is 5.92. The van der Waals surface area contributed by atoms with E-state index in [1.54, 1.807) is 0 Å². The van der Waals surface area contributed by atoms with Crippen LogP contribution >= 0.6 is 0 Å². The molecule has 0 spiro atoms. The number of nitrogens with one attached hydrogen (secondary N) is 4. The maximum atomic E-state index is 12.8. The number of hydrogen-bond acceptors (Lipinski definition) is 6. The standard InChI is InChI=1S/C23H38N4O6/c1-5-8-17-21(30)25-11-12-32-13-14-33-16-20(29)26-18(22(31)27-17)9-6-7-10-24-19(28)15-23(2,3)4/h1,17-18H,6-16H2,2-4H3,(H,24,28)(H,25,30)(H,26,29)(H,27,31)/t17-,18+/m1/s1. The second kappa shape index (κ2) is 15.2. The molecule has 0 saturated carbocycles. The average molecular weight is 467 g/mol. The van der Waals surface area contributed by atoms with Crippen molar-refractivity contribution in [3.05, 3.63) is 0 Å². The minimum atomic E-state index is -0.917. The fourth-order valence-electron chi connectivity index (χ4n) is 3.10. The minimum absolute atomic E-state index is 0.0159. The van der Waals surface area contributed by atoms with E-state index in [0.29, 0.717) is 32.2 Å². The summed E-state index contributed by atoms with van der Waals surface area (Å²) in [4.78, 5) is 49.4. The Labute approximate surface area is 196 Å². The largest absolute Gasteiger partial charge is 0.377 e. The van der Waals surface area contributed by atoms with Crippen molar-refractivity contribution in [1.82, 2.24) is 21.3 Å². The molecule has 1 aliphatic heterocycles. The summed E-state index contributed by atoms with van der Waals surface area (Å²) < 4.78 is 10.6. The molecule has 0 aliphatic carbocycles. The SMILES string of the molecule is C#CC[C@H]1NC(=O)[C@H](CCCCNC(=O)CC(C)(C)C)NC(=O)COCCOCCNC1=O. The monoisotopic (exact) mass is 466 g/mol. The summed E-state index contributed by atoms with van der Waals surface area (Å²) in [6.07, 6.45) is 7.35. The van der Waals surface area contributed by atoms with Crippen LogP contribution in [0.5, 0.6) is 0 Å². The van der Waals surface area contributed by atoms with Crippen molar-refractivity contribution < 1.29 is 28.7 Å². The second-order valence-corrected chi connectivity index (χ2v) is 9.13. The van der Waals surface area contributed by atoms with Crippen LogP contribution in [0.1, 0.15) is 52.9 Å². The van der Waals surface area contributed by atoms with Gasteiger partial charge in [-0.2, -0.15) is 0 Å². The van der Waals surface area contributed by atoms with Gasteiger partial charge in [-0.05, 0) is 24.7 Å². The lowest BCUT2D eigenvalue weighted by atomic mass is 9.92. The van der Waals surface area contributed by atoms with Crippen LogP contribution in [0.4, 0.5) is 0 Å². The number of rotatable bonds is 7. The Bertz CT molecular complexity index is 698. The first-order chi connectivity index (χ1) is 15.6. The number of amides is 4. The molecular formula is C23H38N4O6. The van der Waals surface area contributed by atoms with Crippen LogP contribution in [0, 0.1) is 17.8 Å². The van der Waals surface area contributed by atoms with E-state index < -0.39 is 29.8 Å². The van der Waals surface area contributed by atoms with Gasteiger partial charge in [0.1, 0.15) is 18.7 Å². The van der Waals surface area contributed by atoms with Gasteiger partial charge < -0.3 is 30.7 Å². The maximum Gasteiger partial charge on any atom is 0.246 e. The van der Waals surface area contributed by atoms with Gasteiger partial charge in [-0.15, -0.1) is 12.3 Å². The first kappa shape index (κ1) is 28.4. The normalized spacial score (nSPS) is 21.5. The Hall–Kier alpha value is -2.64. The predicted octanol–water partition coefficient (Wildman–Crippen LogP) is -0.135. The Morgan fingerprint density at radius 1 is 1.06 bits per heavy atom. The van der Waals surface area contributed by atoms with Gasteiger partial charge >= 0.3 is 0 Å². The van der Waals surface area contributed by atoms with Gasteiger partial charge in [-0.25, -0.2) is 0 Å². The number of carbonyl (C=O) groups excluding carboxylic acids is 4. The van der Waals surface area contributed by atoms with E-state index in [1.807, 2.05) is 20.8 Å². The smallest absolute Gasteiger partial charge is 0.246 e. The van der Waals surface area contributed by atoms with Crippen LogP contribution in [-0.2, 0) is 28.7 Å². The molecule has 0 aromatic carbocycles. The van der Waals surface area contributed by atoms with E-state index in [0.717, 1.165) is 0 Å². The molecule has 10 nitrogen and oxygen atoms in total. The molecule has 0 radical (unpaired) electrons. The second-order valence-electron chi connectivity index (χ2n) is 9.13. The zero-order valence-corrected chi connectivity index (χ0v) is 20.0. The molecule has 33 heavy (non-hydrogen) atoms. The van der Waals surface area contributed by atoms with Crippen molar-refractivity contribution in [2.24, 2.45) is 5.41 Å². The molecule has 1 fully saturated rings. The van der Waals surface area contributed by atoms with E-state index in [4.69, 9.17) is 15.9 Å². The molecule has 1 saturated heterocycles. The summed E-state index contributed by atoms with van der Waals surface area (Å²) in [5, 5.41) is 10.8. The molecule has 0 unspecified atom stereocenters. The van der Waals surface area contributed by atoms with E-state index >= 15 is 0 Å². The highest BCUT2D eigenvalue weighted by atomic mass is 16.5. The van der Waals surface area contributed by atoms with Crippen LogP contribution in [0.2, 0.25) is 0 Å². The highest BCUT2D eigenvalue weighted by Crippen LogP contribution is 2.17. The first-order valence-corrected chi connectivity index (χ1v) is 11.4. The first-order valence-electron chi connectivity index (χ1n) is 11.4. The highest BCUT2D eigenvalue weighted by Gasteiger charge is 2.26. The fourth-order valence-corrected chi connectivity index (χ4v) is 3.10. The number of carbonyl (C=O) groups is 4. The zero-order chi connectivity index (χ0) is 24.7. The Balaban J connectivity index is 2.69. The van der Waals surface area contributed by atoms with Crippen LogP contribution in [-0.4, -0.2) is 75.2 Å². The Morgan fingerprint density at radius 2 is 1.79 bits per heavy atom. The number of hydrogen-bond donors (Lipinski definition) is 4. The van der Waals surface area contributed by atoms with Gasteiger partial charge in [-0.1, -0.05) is 20.8 Å². The van der Waals surface area contributed by atoms with Crippen molar-refractivity contribution in [2.45, 2.75) is 65.0 Å². The molecule has 0 aromatic heterocycles. The van der Waals surface area contributed by atoms with Crippen LogP contribution in [0.25, 0.3) is 0 Å². The third-order valence-corrected chi connectivity index (χ3v) is 4.69. The Kier molecular flexibility index (Phi) is 13.1. The van der Waals surface area contributed by atoms with Gasteiger partial charge in [0.2, 0.25) is 23.6 Å². The lowest BCUT2D eigenvalue weighted by Gasteiger charge is -2.22. The summed E-state index contributed by atoms with van der Waals surface area (Å²) in [5.41, 5.74) is -0.0908. The van der Waals surface area contributed by atoms with Gasteiger partial charge in [0.05, 0.1) is 19.8 Å². The van der Waals surface area contributed by atoms with E-state index in [2.05, 4.69) is 27.2 Å². The molecule has 4 amide bonds. The molecule has 2 atom stereocenters. The van der Waals surface area contributed by atoms with Gasteiger partial charge in [0, 0.05) is 25.9 Å². The number of ether oxygens (including phenoxy) is 2. The molecule has 0 aromatic rings. The summed E-state index contributed by atoms with van der Waals surface area (Å²) >= 11 is 0. The van der Waals surface area contributed by atoms with Gasteiger partial charge in [-0.3, -0.25) is 19.2 Å². The van der Waals surface area contributed by atoms with Crippen molar-refractivity contribution in [3.63, 3.8) is 0 Å². The molecule has 1 rings (SSSR count). The van der Waals surface area contributed by atoms with Crippen LogP contribution in [0.15, 0.2) is 0 Å². The molecule has 186 valence electrons.